The minimum Gasteiger partial charge on any atom is -0.361 e. The summed E-state index contributed by atoms with van der Waals surface area (Å²) in [5.74, 6) is -1.77. The Morgan fingerprint density at radius 1 is 1.27 bits per heavy atom. The molecule has 0 fully saturated rings. The maximum Gasteiger partial charge on any atom is 0.319 e. The Hall–Kier alpha value is -1.14. The number of amides is 2. The van der Waals surface area contributed by atoms with Gasteiger partial charge < -0.3 is 5.73 Å². The third-order valence-electron chi connectivity index (χ3n) is 1.52. The molecule has 0 radical (unpaired) electrons. The molecule has 15 heavy (non-hydrogen) atoms. The van der Waals surface area contributed by atoms with E-state index < -0.39 is 11.8 Å². The summed E-state index contributed by atoms with van der Waals surface area (Å²) in [6.45, 7) is 2.00. The third kappa shape index (κ3) is 4.26. The van der Waals surface area contributed by atoms with Gasteiger partial charge in [0.25, 0.3) is 0 Å². The van der Waals surface area contributed by atoms with Crippen LogP contribution < -0.4 is 10.5 Å². The number of benzene rings is 1. The van der Waals surface area contributed by atoms with Crippen molar-refractivity contribution < 1.29 is 9.59 Å². The fourth-order valence-electron chi connectivity index (χ4n) is 0.751. The first-order valence-corrected chi connectivity index (χ1v) is 6.24. The zero-order valence-electron chi connectivity index (χ0n) is 8.02. The van der Waals surface area contributed by atoms with Crippen molar-refractivity contribution in [2.75, 3.05) is 0 Å². The van der Waals surface area contributed by atoms with Crippen molar-refractivity contribution in [2.45, 2.75) is 11.8 Å². The van der Waals surface area contributed by atoms with Gasteiger partial charge in [-0.1, -0.05) is 17.7 Å². The van der Waals surface area contributed by atoms with Gasteiger partial charge >= 0.3 is 11.8 Å². The molecule has 0 saturated heterocycles. The van der Waals surface area contributed by atoms with Gasteiger partial charge in [0.15, 0.2) is 0 Å². The normalized spacial score (nSPS) is 9.67. The smallest absolute Gasteiger partial charge is 0.319 e. The Bertz CT molecular complexity index is 365. The van der Waals surface area contributed by atoms with Gasteiger partial charge in [0, 0.05) is 15.9 Å². The number of aryl methyl sites for hydroxylation is 1. The van der Waals surface area contributed by atoms with Crippen molar-refractivity contribution in [3.8, 4) is 0 Å². The number of primary amides is 1. The molecule has 0 bridgehead atoms. The van der Waals surface area contributed by atoms with Crippen LogP contribution in [0, 0.1) is 6.92 Å². The highest BCUT2D eigenvalue weighted by molar-refractivity contribution is 8.76. The topological polar surface area (TPSA) is 72.2 Å². The van der Waals surface area contributed by atoms with E-state index in [9.17, 15) is 9.59 Å². The van der Waals surface area contributed by atoms with Crippen LogP contribution in [0.4, 0.5) is 0 Å². The first kappa shape index (κ1) is 11.9. The molecule has 0 saturated carbocycles. The van der Waals surface area contributed by atoms with Gasteiger partial charge in [-0.15, -0.1) is 0 Å². The highest BCUT2D eigenvalue weighted by atomic mass is 33.1. The lowest BCUT2D eigenvalue weighted by Crippen LogP contribution is -2.31. The fourth-order valence-corrected chi connectivity index (χ4v) is 2.29. The first-order chi connectivity index (χ1) is 7.09. The Balaban J connectivity index is 2.35. The second kappa shape index (κ2) is 5.67. The van der Waals surface area contributed by atoms with Crippen molar-refractivity contribution >= 4 is 33.6 Å². The van der Waals surface area contributed by atoms with E-state index in [1.807, 2.05) is 31.2 Å². The van der Waals surface area contributed by atoms with Crippen molar-refractivity contribution in [2.24, 2.45) is 5.73 Å². The van der Waals surface area contributed by atoms with Crippen molar-refractivity contribution in [3.63, 3.8) is 0 Å². The molecule has 80 valence electrons. The quantitative estimate of drug-likeness (QED) is 0.475. The molecule has 0 spiro atoms. The van der Waals surface area contributed by atoms with Gasteiger partial charge in [0.05, 0.1) is 0 Å². The fraction of sp³-hybridized carbons (Fsp3) is 0.111. The Labute approximate surface area is 95.5 Å². The molecule has 0 aromatic heterocycles. The van der Waals surface area contributed by atoms with Crippen molar-refractivity contribution in [1.29, 1.82) is 0 Å². The molecule has 3 N–H and O–H groups in total. The van der Waals surface area contributed by atoms with Gasteiger partial charge in [-0.25, -0.2) is 0 Å². The molecule has 0 atom stereocenters. The Morgan fingerprint density at radius 2 is 1.87 bits per heavy atom. The van der Waals surface area contributed by atoms with Crippen LogP contribution in [0.25, 0.3) is 0 Å². The number of hydrogen-bond donors (Lipinski definition) is 2. The SMILES string of the molecule is Cc1ccc(SSNC(=O)C(N)=O)cc1. The van der Waals surface area contributed by atoms with Crippen LogP contribution in [-0.2, 0) is 9.59 Å². The third-order valence-corrected chi connectivity index (χ3v) is 3.41. The molecular weight excluding hydrogens is 232 g/mol. The van der Waals surface area contributed by atoms with E-state index in [1.165, 1.54) is 16.4 Å². The summed E-state index contributed by atoms with van der Waals surface area (Å²) in [6.07, 6.45) is 0. The average Bonchev–Trinajstić information content (AvgIpc) is 2.20. The minimum atomic E-state index is -0.980. The van der Waals surface area contributed by atoms with Gasteiger partial charge in [0.1, 0.15) is 0 Å². The molecule has 0 aliphatic rings. The molecule has 1 aromatic carbocycles. The summed E-state index contributed by atoms with van der Waals surface area (Å²) < 4.78 is 2.31. The number of hydrogen-bond acceptors (Lipinski definition) is 4. The summed E-state index contributed by atoms with van der Waals surface area (Å²) >= 11 is 0. The molecule has 1 aromatic rings. The van der Waals surface area contributed by atoms with E-state index in [0.29, 0.717) is 0 Å². The number of nitrogens with one attached hydrogen (secondary N) is 1. The molecule has 1 rings (SSSR count). The van der Waals surface area contributed by atoms with E-state index in [1.54, 1.807) is 0 Å². The predicted octanol–water partition coefficient (Wildman–Crippen LogP) is 1.25. The lowest BCUT2D eigenvalue weighted by Gasteiger charge is -2.01. The van der Waals surface area contributed by atoms with Gasteiger partial charge in [-0.05, 0) is 29.9 Å². The lowest BCUT2D eigenvalue weighted by atomic mass is 10.2. The molecule has 0 unspecified atom stereocenters. The summed E-state index contributed by atoms with van der Waals surface area (Å²) in [5.41, 5.74) is 5.93. The largest absolute Gasteiger partial charge is 0.361 e. The minimum absolute atomic E-state index is 0.792. The van der Waals surface area contributed by atoms with E-state index in [4.69, 9.17) is 5.73 Å². The van der Waals surface area contributed by atoms with Crippen LogP contribution in [-0.4, -0.2) is 11.8 Å². The summed E-state index contributed by atoms with van der Waals surface area (Å²) in [5, 5.41) is 0. The van der Waals surface area contributed by atoms with E-state index in [2.05, 4.69) is 4.72 Å². The van der Waals surface area contributed by atoms with Gasteiger partial charge in [-0.3, -0.25) is 14.3 Å². The maximum atomic E-state index is 10.8. The average molecular weight is 242 g/mol. The number of carbonyl (C=O) groups is 2. The number of carbonyl (C=O) groups excluding carboxylic acids is 2. The van der Waals surface area contributed by atoms with Crippen LogP contribution in [0.5, 0.6) is 0 Å². The second-order valence-electron chi connectivity index (χ2n) is 2.78. The van der Waals surface area contributed by atoms with Gasteiger partial charge in [-0.2, -0.15) is 0 Å². The summed E-state index contributed by atoms with van der Waals surface area (Å²) in [4.78, 5) is 22.1. The van der Waals surface area contributed by atoms with Crippen LogP contribution in [0.15, 0.2) is 29.2 Å². The van der Waals surface area contributed by atoms with Crippen LogP contribution in [0.2, 0.25) is 0 Å². The number of rotatable bonds is 3. The highest BCUT2D eigenvalue weighted by Crippen LogP contribution is 2.28. The maximum absolute atomic E-state index is 10.8. The summed E-state index contributed by atoms with van der Waals surface area (Å²) in [7, 11) is 2.42. The standard InChI is InChI=1S/C9H10N2O2S2/c1-6-2-4-7(5-3-6)14-15-11-9(13)8(10)12/h2-5H,1H3,(H2,10,12)(H,11,13). The van der Waals surface area contributed by atoms with Crippen LogP contribution in [0.3, 0.4) is 0 Å². The monoisotopic (exact) mass is 242 g/mol. The second-order valence-corrected chi connectivity index (χ2v) is 4.78. The molecule has 2 amide bonds. The Kier molecular flexibility index (Phi) is 4.51. The summed E-state index contributed by atoms with van der Waals surface area (Å²) in [6, 6.07) is 7.81. The molecule has 0 heterocycles. The lowest BCUT2D eigenvalue weighted by molar-refractivity contribution is -0.136. The molecule has 6 heteroatoms. The van der Waals surface area contributed by atoms with Gasteiger partial charge in [0.2, 0.25) is 0 Å². The molecule has 0 aliphatic heterocycles. The highest BCUT2D eigenvalue weighted by Gasteiger charge is 2.07. The van der Waals surface area contributed by atoms with E-state index >= 15 is 0 Å². The Morgan fingerprint density at radius 3 is 2.40 bits per heavy atom. The number of nitrogens with two attached hydrogens (primary N) is 1. The molecule has 4 nitrogen and oxygen atoms in total. The molecular formula is C9H10N2O2S2. The van der Waals surface area contributed by atoms with E-state index in [-0.39, 0.29) is 0 Å². The van der Waals surface area contributed by atoms with Crippen LogP contribution in [0.1, 0.15) is 5.56 Å². The van der Waals surface area contributed by atoms with Crippen LogP contribution >= 0.6 is 21.8 Å². The van der Waals surface area contributed by atoms with Crippen molar-refractivity contribution in [1.82, 2.24) is 4.72 Å². The van der Waals surface area contributed by atoms with Crippen molar-refractivity contribution in [3.05, 3.63) is 29.8 Å². The predicted molar refractivity (Wildman–Crippen MR) is 62.0 cm³/mol. The zero-order chi connectivity index (χ0) is 11.3. The first-order valence-electron chi connectivity index (χ1n) is 4.09. The molecule has 0 aliphatic carbocycles. The van der Waals surface area contributed by atoms with E-state index in [0.717, 1.165) is 15.9 Å². The zero-order valence-corrected chi connectivity index (χ0v) is 9.65.